The highest BCUT2D eigenvalue weighted by atomic mass is 16.5. The Balaban J connectivity index is 2.85. The van der Waals surface area contributed by atoms with Crippen molar-refractivity contribution in [3.8, 4) is 0 Å². The van der Waals surface area contributed by atoms with Crippen LogP contribution in [-0.4, -0.2) is 34.9 Å². The molecule has 0 unspecified atom stereocenters. The van der Waals surface area contributed by atoms with Gasteiger partial charge < -0.3 is 14.8 Å². The van der Waals surface area contributed by atoms with Crippen LogP contribution in [0.3, 0.4) is 0 Å². The zero-order chi connectivity index (χ0) is 14.3. The van der Waals surface area contributed by atoms with Crippen LogP contribution in [0, 0.1) is 0 Å². The van der Waals surface area contributed by atoms with Crippen LogP contribution < -0.4 is 5.32 Å². The number of aryl methyl sites for hydroxylation is 1. The zero-order valence-corrected chi connectivity index (χ0v) is 11.2. The first-order chi connectivity index (χ1) is 9.06. The lowest BCUT2D eigenvalue weighted by Crippen LogP contribution is -2.17. The van der Waals surface area contributed by atoms with Crippen molar-refractivity contribution in [1.82, 2.24) is 9.78 Å². The summed E-state index contributed by atoms with van der Waals surface area (Å²) >= 11 is 0. The number of aromatic nitrogens is 2. The second-order valence-corrected chi connectivity index (χ2v) is 3.53. The van der Waals surface area contributed by atoms with Crippen molar-refractivity contribution in [1.29, 1.82) is 0 Å². The maximum absolute atomic E-state index is 11.7. The average molecular weight is 267 g/mol. The van der Waals surface area contributed by atoms with E-state index in [9.17, 15) is 9.59 Å². The topological polar surface area (TPSA) is 82.5 Å². The lowest BCUT2D eigenvalue weighted by molar-refractivity contribution is -0.140. The Labute approximate surface area is 111 Å². The molecule has 104 valence electrons. The van der Waals surface area contributed by atoms with Gasteiger partial charge in [-0.05, 0) is 13.8 Å². The van der Waals surface area contributed by atoms with Crippen molar-refractivity contribution in [3.05, 3.63) is 24.0 Å². The molecule has 19 heavy (non-hydrogen) atoms. The first-order valence-corrected chi connectivity index (χ1v) is 5.89. The molecule has 1 N–H and O–H groups in total. The molecule has 7 nitrogen and oxygen atoms in total. The summed E-state index contributed by atoms with van der Waals surface area (Å²) in [7, 11) is 1.74. The summed E-state index contributed by atoms with van der Waals surface area (Å²) in [4.78, 5) is 23.1. The Kier molecular flexibility index (Phi) is 5.59. The van der Waals surface area contributed by atoms with Gasteiger partial charge in [-0.1, -0.05) is 0 Å². The molecule has 0 aliphatic rings. The van der Waals surface area contributed by atoms with E-state index < -0.39 is 11.9 Å². The van der Waals surface area contributed by atoms with Gasteiger partial charge in [0.1, 0.15) is 5.70 Å². The van der Waals surface area contributed by atoms with Gasteiger partial charge in [0.05, 0.1) is 19.3 Å². The summed E-state index contributed by atoms with van der Waals surface area (Å²) in [5, 5.41) is 6.78. The van der Waals surface area contributed by atoms with E-state index in [1.165, 1.54) is 0 Å². The van der Waals surface area contributed by atoms with Crippen molar-refractivity contribution < 1.29 is 19.1 Å². The van der Waals surface area contributed by atoms with Crippen molar-refractivity contribution in [2.24, 2.45) is 7.05 Å². The van der Waals surface area contributed by atoms with Crippen molar-refractivity contribution in [2.75, 3.05) is 18.5 Å². The molecule has 1 heterocycles. The summed E-state index contributed by atoms with van der Waals surface area (Å²) in [6.07, 6.45) is 2.76. The number of carbonyl (C=O) groups is 2. The van der Waals surface area contributed by atoms with Crippen molar-refractivity contribution in [2.45, 2.75) is 13.8 Å². The second kappa shape index (κ2) is 7.20. The highest BCUT2D eigenvalue weighted by Gasteiger charge is 2.14. The van der Waals surface area contributed by atoms with Gasteiger partial charge in [0, 0.05) is 19.3 Å². The minimum absolute atomic E-state index is 0.0148. The molecule has 0 bridgehead atoms. The molecule has 0 saturated carbocycles. The molecular formula is C12H17N3O4. The molecule has 1 aromatic rings. The van der Waals surface area contributed by atoms with Gasteiger partial charge in [-0.3, -0.25) is 4.68 Å². The lowest BCUT2D eigenvalue weighted by atomic mass is 10.4. The Morgan fingerprint density at radius 2 is 2.05 bits per heavy atom. The van der Waals surface area contributed by atoms with E-state index in [0.29, 0.717) is 5.82 Å². The fourth-order valence-electron chi connectivity index (χ4n) is 1.28. The van der Waals surface area contributed by atoms with Crippen LogP contribution in [0.4, 0.5) is 5.82 Å². The van der Waals surface area contributed by atoms with Gasteiger partial charge in [-0.25, -0.2) is 9.59 Å². The van der Waals surface area contributed by atoms with E-state index >= 15 is 0 Å². The Bertz CT molecular complexity index is 479. The number of esters is 2. The van der Waals surface area contributed by atoms with Crippen LogP contribution in [0.2, 0.25) is 0 Å². The quantitative estimate of drug-likeness (QED) is 0.607. The minimum Gasteiger partial charge on any atom is -0.463 e. The zero-order valence-electron chi connectivity index (χ0n) is 11.2. The SMILES string of the molecule is CCOC(=O)C=C(Nc1ccn(C)n1)C(=O)OCC. The maximum Gasteiger partial charge on any atom is 0.355 e. The number of hydrogen-bond acceptors (Lipinski definition) is 6. The van der Waals surface area contributed by atoms with E-state index in [-0.39, 0.29) is 18.9 Å². The Morgan fingerprint density at radius 3 is 2.58 bits per heavy atom. The maximum atomic E-state index is 11.7. The Morgan fingerprint density at radius 1 is 1.37 bits per heavy atom. The number of hydrogen-bond donors (Lipinski definition) is 1. The van der Waals surface area contributed by atoms with Crippen LogP contribution in [0.25, 0.3) is 0 Å². The van der Waals surface area contributed by atoms with Crippen molar-refractivity contribution >= 4 is 17.8 Å². The fourth-order valence-corrected chi connectivity index (χ4v) is 1.28. The fraction of sp³-hybridized carbons (Fsp3) is 0.417. The highest BCUT2D eigenvalue weighted by molar-refractivity contribution is 5.98. The molecule has 0 spiro atoms. The number of carbonyl (C=O) groups excluding carboxylic acids is 2. The number of nitrogens with one attached hydrogen (secondary N) is 1. The third kappa shape index (κ3) is 4.82. The second-order valence-electron chi connectivity index (χ2n) is 3.53. The van der Waals surface area contributed by atoms with Crippen LogP contribution in [0.1, 0.15) is 13.8 Å². The molecule has 0 aromatic carbocycles. The summed E-state index contributed by atoms with van der Waals surface area (Å²) in [6.45, 7) is 3.81. The monoisotopic (exact) mass is 267 g/mol. The average Bonchev–Trinajstić information content (AvgIpc) is 2.74. The molecule has 0 fully saturated rings. The molecule has 1 aromatic heterocycles. The summed E-state index contributed by atoms with van der Waals surface area (Å²) in [5.74, 6) is -0.818. The normalized spacial score (nSPS) is 11.0. The third-order valence-corrected chi connectivity index (χ3v) is 2.02. The summed E-state index contributed by atoms with van der Waals surface area (Å²) in [5.41, 5.74) is -0.0148. The van der Waals surface area contributed by atoms with Gasteiger partial charge in [0.15, 0.2) is 5.82 Å². The van der Waals surface area contributed by atoms with Gasteiger partial charge in [0.2, 0.25) is 0 Å². The van der Waals surface area contributed by atoms with Crippen LogP contribution in [0.5, 0.6) is 0 Å². The van der Waals surface area contributed by atoms with Gasteiger partial charge in [-0.2, -0.15) is 5.10 Å². The predicted octanol–water partition coefficient (Wildman–Crippen LogP) is 0.842. The van der Waals surface area contributed by atoms with E-state index in [4.69, 9.17) is 9.47 Å². The van der Waals surface area contributed by atoms with E-state index in [1.807, 2.05) is 0 Å². The molecule has 0 aliphatic carbocycles. The molecule has 0 atom stereocenters. The largest absolute Gasteiger partial charge is 0.463 e. The van der Waals surface area contributed by atoms with Gasteiger partial charge in [0.25, 0.3) is 0 Å². The van der Waals surface area contributed by atoms with Gasteiger partial charge in [-0.15, -0.1) is 0 Å². The van der Waals surface area contributed by atoms with Crippen LogP contribution >= 0.6 is 0 Å². The number of ether oxygens (including phenoxy) is 2. The molecule has 1 rings (SSSR count). The Hall–Kier alpha value is -2.31. The lowest BCUT2D eigenvalue weighted by Gasteiger charge is -2.07. The summed E-state index contributed by atoms with van der Waals surface area (Å²) in [6, 6.07) is 1.66. The van der Waals surface area contributed by atoms with Crippen LogP contribution in [0.15, 0.2) is 24.0 Å². The molecule has 0 amide bonds. The summed E-state index contributed by atoms with van der Waals surface area (Å²) < 4.78 is 11.2. The molecule has 0 saturated heterocycles. The van der Waals surface area contributed by atoms with Crippen LogP contribution in [-0.2, 0) is 26.1 Å². The first kappa shape index (κ1) is 14.7. The smallest absolute Gasteiger partial charge is 0.355 e. The third-order valence-electron chi connectivity index (χ3n) is 2.02. The highest BCUT2D eigenvalue weighted by Crippen LogP contribution is 2.08. The molecule has 0 radical (unpaired) electrons. The standard InChI is InChI=1S/C12H17N3O4/c1-4-18-11(16)8-9(12(17)19-5-2)13-10-6-7-15(3)14-10/h6-8H,4-5H2,1-3H3,(H,13,14). The van der Waals surface area contributed by atoms with Crippen molar-refractivity contribution in [3.63, 3.8) is 0 Å². The molecule has 7 heteroatoms. The number of nitrogens with zero attached hydrogens (tertiary/aromatic N) is 2. The van der Waals surface area contributed by atoms with E-state index in [0.717, 1.165) is 6.08 Å². The molecule has 0 aliphatic heterocycles. The van der Waals surface area contributed by atoms with E-state index in [1.54, 1.807) is 37.8 Å². The number of anilines is 1. The molecular weight excluding hydrogens is 250 g/mol. The predicted molar refractivity (Wildman–Crippen MR) is 68.2 cm³/mol. The van der Waals surface area contributed by atoms with E-state index in [2.05, 4.69) is 10.4 Å². The minimum atomic E-state index is -0.638. The van der Waals surface area contributed by atoms with Gasteiger partial charge >= 0.3 is 11.9 Å². The first-order valence-electron chi connectivity index (χ1n) is 5.89. The number of rotatable bonds is 6.